The summed E-state index contributed by atoms with van der Waals surface area (Å²) in [6, 6.07) is 11.2. The second-order valence-electron chi connectivity index (χ2n) is 9.00. The van der Waals surface area contributed by atoms with Crippen LogP contribution in [0.25, 0.3) is 16.9 Å². The minimum absolute atomic E-state index is 0.451. The van der Waals surface area contributed by atoms with Crippen molar-refractivity contribution in [3.63, 3.8) is 0 Å². The third-order valence-electron chi connectivity index (χ3n) is 6.96. The van der Waals surface area contributed by atoms with Crippen molar-refractivity contribution in [2.24, 2.45) is 5.92 Å². The molecule has 2 atom stereocenters. The smallest absolute Gasteiger partial charge is 0.151 e. The summed E-state index contributed by atoms with van der Waals surface area (Å²) < 4.78 is 1.93. The molecule has 5 nitrogen and oxygen atoms in total. The zero-order valence-corrected chi connectivity index (χ0v) is 18.6. The number of hydrogen-bond acceptors (Lipinski definition) is 4. The molecular formula is C23H29BClN5. The lowest BCUT2D eigenvalue weighted by Crippen LogP contribution is -2.45. The van der Waals surface area contributed by atoms with Gasteiger partial charge in [0.1, 0.15) is 13.7 Å². The molecule has 0 spiro atoms. The fourth-order valence-corrected chi connectivity index (χ4v) is 5.47. The van der Waals surface area contributed by atoms with E-state index in [1.54, 1.807) is 0 Å². The first kappa shape index (κ1) is 19.9. The lowest BCUT2D eigenvalue weighted by molar-refractivity contribution is 0.133. The molecule has 1 N–H and O–H groups in total. The van der Waals surface area contributed by atoms with Crippen LogP contribution < -0.4 is 10.8 Å². The van der Waals surface area contributed by atoms with E-state index in [4.69, 9.17) is 16.6 Å². The Kier molecular flexibility index (Phi) is 5.46. The van der Waals surface area contributed by atoms with E-state index in [1.165, 1.54) is 32.4 Å². The highest BCUT2D eigenvalue weighted by Crippen LogP contribution is 2.32. The van der Waals surface area contributed by atoms with Gasteiger partial charge in [0.25, 0.3) is 0 Å². The van der Waals surface area contributed by atoms with Crippen molar-refractivity contribution in [1.29, 1.82) is 0 Å². The molecule has 5 rings (SSSR count). The van der Waals surface area contributed by atoms with Gasteiger partial charge in [-0.3, -0.25) is 4.90 Å². The molecule has 0 bridgehead atoms. The fraction of sp³-hybridized carbons (Fsp3) is 0.478. The van der Waals surface area contributed by atoms with Gasteiger partial charge in [0.2, 0.25) is 0 Å². The summed E-state index contributed by atoms with van der Waals surface area (Å²) in [6.45, 7) is 4.78. The summed E-state index contributed by atoms with van der Waals surface area (Å²) in [5, 5.41) is 9.08. The lowest BCUT2D eigenvalue weighted by atomic mass is 9.98. The number of likely N-dealkylation sites (tertiary alicyclic amines) is 1. The summed E-state index contributed by atoms with van der Waals surface area (Å²) in [7, 11) is 2.05. The molecule has 3 heterocycles. The summed E-state index contributed by atoms with van der Waals surface area (Å²) >= 11 is 6.47. The zero-order chi connectivity index (χ0) is 20.7. The van der Waals surface area contributed by atoms with Gasteiger partial charge in [-0.25, -0.2) is 4.98 Å². The Morgan fingerprint density at radius 2 is 1.93 bits per heavy atom. The summed E-state index contributed by atoms with van der Waals surface area (Å²) in [5.41, 5.74) is 3.79. The molecule has 0 radical (unpaired) electrons. The minimum atomic E-state index is 0.451. The van der Waals surface area contributed by atoms with Gasteiger partial charge in [-0.2, -0.15) is 9.61 Å². The highest BCUT2D eigenvalue weighted by molar-refractivity contribution is 6.36. The number of nitrogens with zero attached hydrogens (tertiary/aromatic N) is 4. The quantitative estimate of drug-likeness (QED) is 0.656. The molecule has 2 aromatic heterocycles. The van der Waals surface area contributed by atoms with Crippen LogP contribution in [0.3, 0.4) is 0 Å². The van der Waals surface area contributed by atoms with Crippen LogP contribution >= 0.6 is 11.6 Å². The maximum atomic E-state index is 6.47. The Labute approximate surface area is 184 Å². The molecule has 2 aliphatic rings. The fourth-order valence-electron chi connectivity index (χ4n) is 5.24. The molecule has 2 fully saturated rings. The van der Waals surface area contributed by atoms with Gasteiger partial charge in [-0.15, -0.1) is 0 Å². The molecule has 1 saturated heterocycles. The average molecular weight is 422 g/mol. The van der Waals surface area contributed by atoms with E-state index < -0.39 is 0 Å². The van der Waals surface area contributed by atoms with Gasteiger partial charge < -0.3 is 5.32 Å². The van der Waals surface area contributed by atoms with E-state index in [-0.39, 0.29) is 0 Å². The molecule has 2 unspecified atom stereocenters. The summed E-state index contributed by atoms with van der Waals surface area (Å²) in [6.07, 6.45) is 8.36. The normalized spacial score (nSPS) is 23.3. The summed E-state index contributed by atoms with van der Waals surface area (Å²) in [4.78, 5) is 7.59. The predicted octanol–water partition coefficient (Wildman–Crippen LogP) is 3.37. The molecule has 1 aromatic carbocycles. The maximum Gasteiger partial charge on any atom is 0.151 e. The van der Waals surface area contributed by atoms with Crippen molar-refractivity contribution in [1.82, 2.24) is 19.5 Å². The number of benzene rings is 1. The molecule has 0 amide bonds. The maximum absolute atomic E-state index is 6.47. The number of anilines is 1. The Balaban J connectivity index is 1.39. The van der Waals surface area contributed by atoms with Crippen molar-refractivity contribution in [2.45, 2.75) is 51.1 Å². The van der Waals surface area contributed by atoms with Crippen LogP contribution in [0.15, 0.2) is 36.5 Å². The topological polar surface area (TPSA) is 45.5 Å². The number of fused-ring (bicyclic) bond motifs is 1. The molecule has 1 aliphatic heterocycles. The van der Waals surface area contributed by atoms with Gasteiger partial charge in [0.15, 0.2) is 5.65 Å². The minimum Gasteiger partial charge on any atom is -0.367 e. The van der Waals surface area contributed by atoms with Gasteiger partial charge in [-0.05, 0) is 43.1 Å². The molecule has 1 saturated carbocycles. The standard InChI is InChI=1S/C23H29BClN5/c1-15-5-4-8-21(15)29-11-9-16(10-12-29)27-22-13-20(17-6-2-3-7-19(17)25)28-23-18(24)14-26-30(22)23/h2-3,6-7,13-16,21,27H,4-5,8-12,24H2,1H3. The number of hydrogen-bond donors (Lipinski definition) is 1. The summed E-state index contributed by atoms with van der Waals surface area (Å²) in [5.74, 6) is 1.84. The molecule has 30 heavy (non-hydrogen) atoms. The Hall–Kier alpha value is -2.05. The lowest BCUT2D eigenvalue weighted by Gasteiger charge is -2.38. The van der Waals surface area contributed by atoms with Crippen LogP contribution in [-0.2, 0) is 0 Å². The van der Waals surface area contributed by atoms with Crippen molar-refractivity contribution in [3.05, 3.63) is 41.6 Å². The third kappa shape index (κ3) is 3.72. The predicted molar refractivity (Wildman–Crippen MR) is 127 cm³/mol. The van der Waals surface area contributed by atoms with Crippen molar-refractivity contribution in [2.75, 3.05) is 18.4 Å². The SMILES string of the molecule is Bc1cnn2c(NC3CCN(C4CCCC4C)CC3)cc(-c3ccccc3Cl)nc12. The van der Waals surface area contributed by atoms with E-state index >= 15 is 0 Å². The molecular weight excluding hydrogens is 393 g/mol. The first-order valence-corrected chi connectivity index (χ1v) is 11.6. The largest absolute Gasteiger partial charge is 0.367 e. The van der Waals surface area contributed by atoms with Crippen LogP contribution in [-0.4, -0.2) is 52.5 Å². The van der Waals surface area contributed by atoms with Gasteiger partial charge >= 0.3 is 0 Å². The molecule has 156 valence electrons. The van der Waals surface area contributed by atoms with Crippen LogP contribution in [0.5, 0.6) is 0 Å². The highest BCUT2D eigenvalue weighted by Gasteiger charge is 2.31. The van der Waals surface area contributed by atoms with Crippen LogP contribution in [0.1, 0.15) is 39.0 Å². The van der Waals surface area contributed by atoms with E-state index in [1.807, 2.05) is 35.0 Å². The third-order valence-corrected chi connectivity index (χ3v) is 7.29. The van der Waals surface area contributed by atoms with Gasteiger partial charge in [0, 0.05) is 48.0 Å². The van der Waals surface area contributed by atoms with Crippen molar-refractivity contribution >= 4 is 36.4 Å². The van der Waals surface area contributed by atoms with Crippen molar-refractivity contribution < 1.29 is 0 Å². The van der Waals surface area contributed by atoms with Gasteiger partial charge in [-0.1, -0.05) is 43.1 Å². The number of rotatable bonds is 4. The van der Waals surface area contributed by atoms with E-state index in [0.717, 1.165) is 58.0 Å². The second kappa shape index (κ2) is 8.24. The van der Waals surface area contributed by atoms with Gasteiger partial charge in [0.05, 0.1) is 5.69 Å². The zero-order valence-electron chi connectivity index (χ0n) is 17.8. The molecule has 3 aromatic rings. The second-order valence-corrected chi connectivity index (χ2v) is 9.41. The van der Waals surface area contributed by atoms with E-state index in [0.29, 0.717) is 6.04 Å². The van der Waals surface area contributed by atoms with Crippen LogP contribution in [0.4, 0.5) is 5.82 Å². The average Bonchev–Trinajstić information content (AvgIpc) is 3.35. The number of halogens is 1. The highest BCUT2D eigenvalue weighted by atomic mass is 35.5. The Morgan fingerprint density at radius 3 is 2.67 bits per heavy atom. The first-order chi connectivity index (χ1) is 14.6. The van der Waals surface area contributed by atoms with Crippen molar-refractivity contribution in [3.8, 4) is 11.3 Å². The first-order valence-electron chi connectivity index (χ1n) is 11.2. The number of nitrogens with one attached hydrogen (secondary N) is 1. The number of aromatic nitrogens is 3. The Morgan fingerprint density at radius 1 is 1.13 bits per heavy atom. The van der Waals surface area contributed by atoms with E-state index in [9.17, 15) is 0 Å². The monoisotopic (exact) mass is 421 g/mol. The van der Waals surface area contributed by atoms with Crippen LogP contribution in [0, 0.1) is 5.92 Å². The number of piperidine rings is 1. The van der Waals surface area contributed by atoms with E-state index in [2.05, 4.69) is 36.2 Å². The molecule has 1 aliphatic carbocycles. The Bertz CT molecular complexity index is 1040. The molecule has 7 heteroatoms. The van der Waals surface area contributed by atoms with Crippen LogP contribution in [0.2, 0.25) is 5.02 Å².